The zero-order valence-corrected chi connectivity index (χ0v) is 11.4. The molecule has 0 aliphatic rings. The highest BCUT2D eigenvalue weighted by Crippen LogP contribution is 2.13. The van der Waals surface area contributed by atoms with E-state index >= 15 is 0 Å². The number of anilines is 1. The highest BCUT2D eigenvalue weighted by Gasteiger charge is 2.15. The molecule has 6 nitrogen and oxygen atoms in total. The Bertz CT molecular complexity index is 649. The SMILES string of the molecule is Cc1ncc(C(=O)O)n1CC(=O)Nc1ccc(Cl)cc1. The molecule has 0 saturated heterocycles. The Balaban J connectivity index is 2.10. The van der Waals surface area contributed by atoms with Gasteiger partial charge in [0.05, 0.1) is 6.20 Å². The first-order valence-electron chi connectivity index (χ1n) is 5.78. The number of carbonyl (C=O) groups excluding carboxylic acids is 1. The number of amides is 1. The second-order valence-corrected chi connectivity index (χ2v) is 4.57. The summed E-state index contributed by atoms with van der Waals surface area (Å²) in [4.78, 5) is 26.8. The number of nitrogens with one attached hydrogen (secondary N) is 1. The summed E-state index contributed by atoms with van der Waals surface area (Å²) in [5.74, 6) is -0.991. The number of carboxylic acids is 1. The summed E-state index contributed by atoms with van der Waals surface area (Å²) in [5.41, 5.74) is 0.572. The van der Waals surface area contributed by atoms with Crippen LogP contribution < -0.4 is 5.32 Å². The van der Waals surface area contributed by atoms with Gasteiger partial charge in [-0.1, -0.05) is 11.6 Å². The van der Waals surface area contributed by atoms with Crippen LogP contribution in [0.3, 0.4) is 0 Å². The zero-order valence-electron chi connectivity index (χ0n) is 10.6. The molecule has 104 valence electrons. The first-order valence-corrected chi connectivity index (χ1v) is 6.16. The number of aryl methyl sites for hydroxylation is 1. The van der Waals surface area contributed by atoms with Crippen LogP contribution in [0.2, 0.25) is 5.02 Å². The van der Waals surface area contributed by atoms with Crippen molar-refractivity contribution < 1.29 is 14.7 Å². The molecule has 7 heteroatoms. The molecule has 0 saturated carbocycles. The molecular weight excluding hydrogens is 282 g/mol. The van der Waals surface area contributed by atoms with E-state index < -0.39 is 5.97 Å². The lowest BCUT2D eigenvalue weighted by atomic mass is 10.3. The maximum Gasteiger partial charge on any atom is 0.354 e. The van der Waals surface area contributed by atoms with Crippen LogP contribution in [-0.2, 0) is 11.3 Å². The molecule has 0 aliphatic heterocycles. The minimum Gasteiger partial charge on any atom is -0.477 e. The van der Waals surface area contributed by atoms with Crippen LogP contribution >= 0.6 is 11.6 Å². The maximum atomic E-state index is 11.9. The number of carboxylic acid groups (broad SMARTS) is 1. The number of hydrogen-bond acceptors (Lipinski definition) is 3. The van der Waals surface area contributed by atoms with Gasteiger partial charge >= 0.3 is 5.97 Å². The van der Waals surface area contributed by atoms with E-state index in [1.165, 1.54) is 10.8 Å². The van der Waals surface area contributed by atoms with Gasteiger partial charge in [0.2, 0.25) is 5.91 Å². The van der Waals surface area contributed by atoms with Gasteiger partial charge in [-0.05, 0) is 31.2 Å². The van der Waals surface area contributed by atoms with Crippen molar-refractivity contribution in [3.63, 3.8) is 0 Å². The molecule has 0 unspecified atom stereocenters. The monoisotopic (exact) mass is 293 g/mol. The molecule has 20 heavy (non-hydrogen) atoms. The summed E-state index contributed by atoms with van der Waals surface area (Å²) < 4.78 is 1.34. The molecule has 1 aromatic heterocycles. The van der Waals surface area contributed by atoms with Crippen molar-refractivity contribution in [2.45, 2.75) is 13.5 Å². The molecule has 1 heterocycles. The van der Waals surface area contributed by atoms with Gasteiger partial charge in [-0.3, -0.25) is 4.79 Å². The third-order valence-corrected chi connectivity index (χ3v) is 2.96. The van der Waals surface area contributed by atoms with Gasteiger partial charge in [-0.15, -0.1) is 0 Å². The first kappa shape index (κ1) is 14.1. The largest absolute Gasteiger partial charge is 0.477 e. The summed E-state index contributed by atoms with van der Waals surface area (Å²) in [6.07, 6.45) is 1.23. The first-order chi connectivity index (χ1) is 9.47. The Morgan fingerprint density at radius 1 is 1.35 bits per heavy atom. The third kappa shape index (κ3) is 3.16. The minimum atomic E-state index is -1.12. The summed E-state index contributed by atoms with van der Waals surface area (Å²) >= 11 is 5.75. The Morgan fingerprint density at radius 2 is 2.00 bits per heavy atom. The van der Waals surface area contributed by atoms with Gasteiger partial charge in [0.25, 0.3) is 0 Å². The van der Waals surface area contributed by atoms with Crippen LogP contribution in [0.1, 0.15) is 16.3 Å². The lowest BCUT2D eigenvalue weighted by Crippen LogP contribution is -2.22. The Hall–Kier alpha value is -2.34. The van der Waals surface area contributed by atoms with Crippen molar-refractivity contribution in [3.05, 3.63) is 47.0 Å². The highest BCUT2D eigenvalue weighted by molar-refractivity contribution is 6.30. The number of carbonyl (C=O) groups is 2. The van der Waals surface area contributed by atoms with Crippen LogP contribution in [0.5, 0.6) is 0 Å². The second kappa shape index (κ2) is 5.75. The van der Waals surface area contributed by atoms with Gasteiger partial charge in [0.1, 0.15) is 18.1 Å². The van der Waals surface area contributed by atoms with E-state index in [4.69, 9.17) is 16.7 Å². The average molecular weight is 294 g/mol. The lowest BCUT2D eigenvalue weighted by molar-refractivity contribution is -0.116. The van der Waals surface area contributed by atoms with Crippen LogP contribution in [0, 0.1) is 6.92 Å². The molecule has 2 rings (SSSR count). The number of aromatic nitrogens is 2. The standard InChI is InChI=1S/C13H12ClN3O3/c1-8-15-6-11(13(19)20)17(8)7-12(18)16-10-4-2-9(14)3-5-10/h2-6H,7H2,1H3,(H,16,18)(H,19,20). The van der Waals surface area contributed by atoms with Crippen LogP contribution in [-0.4, -0.2) is 26.5 Å². The maximum absolute atomic E-state index is 11.9. The number of aromatic carboxylic acids is 1. The van der Waals surface area contributed by atoms with E-state index in [-0.39, 0.29) is 18.1 Å². The number of imidazole rings is 1. The van der Waals surface area contributed by atoms with Crippen LogP contribution in [0.4, 0.5) is 5.69 Å². The molecule has 1 amide bonds. The predicted molar refractivity (Wildman–Crippen MR) is 74.0 cm³/mol. The Morgan fingerprint density at radius 3 is 2.60 bits per heavy atom. The Kier molecular flexibility index (Phi) is 4.05. The molecule has 2 aromatic rings. The number of benzene rings is 1. The normalized spacial score (nSPS) is 10.3. The van der Waals surface area contributed by atoms with E-state index in [1.807, 2.05) is 0 Å². The van der Waals surface area contributed by atoms with Gasteiger partial charge in [0, 0.05) is 10.7 Å². The smallest absolute Gasteiger partial charge is 0.354 e. The van der Waals surface area contributed by atoms with E-state index in [0.717, 1.165) is 0 Å². The van der Waals surface area contributed by atoms with E-state index in [2.05, 4.69) is 10.3 Å². The minimum absolute atomic E-state index is 0.0197. The van der Waals surface area contributed by atoms with Gasteiger partial charge in [0.15, 0.2) is 0 Å². The highest BCUT2D eigenvalue weighted by atomic mass is 35.5. The summed E-state index contributed by atoms with van der Waals surface area (Å²) in [5, 5.41) is 12.2. The quantitative estimate of drug-likeness (QED) is 0.905. The predicted octanol–water partition coefficient (Wildman–Crippen LogP) is 2.18. The molecule has 0 aliphatic carbocycles. The van der Waals surface area contributed by atoms with Crippen molar-refractivity contribution in [1.29, 1.82) is 0 Å². The number of hydrogen-bond donors (Lipinski definition) is 2. The van der Waals surface area contributed by atoms with E-state index in [9.17, 15) is 9.59 Å². The molecule has 0 fully saturated rings. The summed E-state index contributed by atoms with van der Waals surface area (Å²) in [6.45, 7) is 1.53. The van der Waals surface area contributed by atoms with E-state index in [0.29, 0.717) is 16.5 Å². The molecule has 0 bridgehead atoms. The third-order valence-electron chi connectivity index (χ3n) is 2.70. The number of rotatable bonds is 4. The van der Waals surface area contributed by atoms with E-state index in [1.54, 1.807) is 31.2 Å². The lowest BCUT2D eigenvalue weighted by Gasteiger charge is -2.09. The fourth-order valence-electron chi connectivity index (χ4n) is 1.72. The molecular formula is C13H12ClN3O3. The fourth-order valence-corrected chi connectivity index (χ4v) is 1.84. The average Bonchev–Trinajstić information content (AvgIpc) is 2.74. The van der Waals surface area contributed by atoms with Crippen molar-refractivity contribution in [2.24, 2.45) is 0 Å². The van der Waals surface area contributed by atoms with Crippen molar-refractivity contribution in [2.75, 3.05) is 5.32 Å². The van der Waals surface area contributed by atoms with Crippen LogP contribution in [0.25, 0.3) is 0 Å². The number of nitrogens with zero attached hydrogens (tertiary/aromatic N) is 2. The molecule has 0 atom stereocenters. The van der Waals surface area contributed by atoms with Gasteiger partial charge in [-0.25, -0.2) is 9.78 Å². The van der Waals surface area contributed by atoms with Gasteiger partial charge in [-0.2, -0.15) is 0 Å². The van der Waals surface area contributed by atoms with Crippen molar-refractivity contribution >= 4 is 29.2 Å². The van der Waals surface area contributed by atoms with Crippen molar-refractivity contribution in [1.82, 2.24) is 9.55 Å². The molecule has 0 spiro atoms. The zero-order chi connectivity index (χ0) is 14.7. The summed E-state index contributed by atoms with van der Waals surface area (Å²) in [6, 6.07) is 6.64. The molecule has 0 radical (unpaired) electrons. The fraction of sp³-hybridized carbons (Fsp3) is 0.154. The molecule has 1 aromatic carbocycles. The second-order valence-electron chi connectivity index (χ2n) is 4.14. The van der Waals surface area contributed by atoms with Crippen LogP contribution in [0.15, 0.2) is 30.5 Å². The Labute approximate surface area is 120 Å². The van der Waals surface area contributed by atoms with Crippen molar-refractivity contribution in [3.8, 4) is 0 Å². The topological polar surface area (TPSA) is 84.2 Å². The summed E-state index contributed by atoms with van der Waals surface area (Å²) in [7, 11) is 0. The van der Waals surface area contributed by atoms with Gasteiger partial charge < -0.3 is 15.0 Å². The molecule has 2 N–H and O–H groups in total. The number of halogens is 1.